The van der Waals surface area contributed by atoms with Crippen LogP contribution in [-0.2, 0) is 0 Å². The number of aryl methyl sites for hydroxylation is 3. The van der Waals surface area contributed by atoms with Crippen LogP contribution in [0.3, 0.4) is 0 Å². The molecular formula is C14H18N2S. The molecule has 1 heterocycles. The molecule has 1 N–H and O–H groups in total. The topological polar surface area (TPSA) is 24.9 Å². The normalized spacial score (nSPS) is 12.5. The van der Waals surface area contributed by atoms with Gasteiger partial charge in [0.15, 0.2) is 0 Å². The van der Waals surface area contributed by atoms with E-state index in [0.717, 1.165) is 10.7 Å². The first-order valence-electron chi connectivity index (χ1n) is 5.84. The van der Waals surface area contributed by atoms with E-state index in [0.29, 0.717) is 0 Å². The maximum absolute atomic E-state index is 4.59. The smallest absolute Gasteiger partial charge is 0.0901 e. The second kappa shape index (κ2) is 4.88. The van der Waals surface area contributed by atoms with Crippen molar-refractivity contribution in [2.45, 2.75) is 33.7 Å². The zero-order valence-electron chi connectivity index (χ0n) is 10.7. The molecule has 0 aliphatic heterocycles. The van der Waals surface area contributed by atoms with Crippen LogP contribution < -0.4 is 5.32 Å². The van der Waals surface area contributed by atoms with Gasteiger partial charge in [-0.25, -0.2) is 4.98 Å². The first kappa shape index (κ1) is 12.1. The van der Waals surface area contributed by atoms with Gasteiger partial charge in [0.1, 0.15) is 0 Å². The molecule has 3 heteroatoms. The minimum absolute atomic E-state index is 0.251. The molecule has 0 bridgehead atoms. The summed E-state index contributed by atoms with van der Waals surface area (Å²) in [5, 5.41) is 4.66. The molecule has 0 spiro atoms. The van der Waals surface area contributed by atoms with Crippen LogP contribution in [0.4, 0.5) is 5.69 Å². The van der Waals surface area contributed by atoms with E-state index in [1.165, 1.54) is 16.1 Å². The van der Waals surface area contributed by atoms with Gasteiger partial charge in [-0.15, -0.1) is 11.3 Å². The van der Waals surface area contributed by atoms with Gasteiger partial charge in [-0.1, -0.05) is 18.2 Å². The van der Waals surface area contributed by atoms with Crippen molar-refractivity contribution in [2.24, 2.45) is 0 Å². The summed E-state index contributed by atoms with van der Waals surface area (Å²) < 4.78 is 0. The third-order valence-corrected chi connectivity index (χ3v) is 3.77. The standard InChI is InChI=1S/C14H18N2S/c1-9-7-5-6-8-13(9)15-10(2)14-11(3)17-12(4)16-14/h5-8,10,15H,1-4H3. The molecule has 0 saturated carbocycles. The van der Waals surface area contributed by atoms with E-state index in [9.17, 15) is 0 Å². The molecule has 17 heavy (non-hydrogen) atoms. The Morgan fingerprint density at radius 3 is 2.47 bits per heavy atom. The van der Waals surface area contributed by atoms with Crippen LogP contribution >= 0.6 is 11.3 Å². The monoisotopic (exact) mass is 246 g/mol. The number of aromatic nitrogens is 1. The van der Waals surface area contributed by atoms with Gasteiger partial charge in [0.05, 0.1) is 16.7 Å². The molecule has 0 fully saturated rings. The van der Waals surface area contributed by atoms with E-state index in [1.807, 2.05) is 0 Å². The molecule has 2 rings (SSSR count). The summed E-state index contributed by atoms with van der Waals surface area (Å²) in [5.74, 6) is 0. The summed E-state index contributed by atoms with van der Waals surface area (Å²) in [6.07, 6.45) is 0. The fourth-order valence-electron chi connectivity index (χ4n) is 1.98. The van der Waals surface area contributed by atoms with E-state index >= 15 is 0 Å². The molecule has 1 atom stereocenters. The van der Waals surface area contributed by atoms with Crippen molar-refractivity contribution in [1.29, 1.82) is 0 Å². The Hall–Kier alpha value is -1.35. The Morgan fingerprint density at radius 2 is 1.88 bits per heavy atom. The summed E-state index contributed by atoms with van der Waals surface area (Å²) >= 11 is 1.76. The Bertz CT molecular complexity index is 517. The molecule has 1 aromatic heterocycles. The molecule has 90 valence electrons. The van der Waals surface area contributed by atoms with Crippen molar-refractivity contribution in [3.8, 4) is 0 Å². The summed E-state index contributed by atoms with van der Waals surface area (Å²) in [6, 6.07) is 8.60. The van der Waals surface area contributed by atoms with Gasteiger partial charge in [0.2, 0.25) is 0 Å². The fourth-order valence-corrected chi connectivity index (χ4v) is 2.90. The van der Waals surface area contributed by atoms with E-state index < -0.39 is 0 Å². The van der Waals surface area contributed by atoms with Crippen LogP contribution in [-0.4, -0.2) is 4.98 Å². The average molecular weight is 246 g/mol. The largest absolute Gasteiger partial charge is 0.377 e. The van der Waals surface area contributed by atoms with Gasteiger partial charge in [-0.05, 0) is 39.3 Å². The Morgan fingerprint density at radius 1 is 1.18 bits per heavy atom. The zero-order valence-corrected chi connectivity index (χ0v) is 11.6. The minimum Gasteiger partial charge on any atom is -0.377 e. The number of hydrogen-bond donors (Lipinski definition) is 1. The van der Waals surface area contributed by atoms with Crippen molar-refractivity contribution in [2.75, 3.05) is 5.32 Å². The van der Waals surface area contributed by atoms with Gasteiger partial charge < -0.3 is 5.32 Å². The molecule has 2 nitrogen and oxygen atoms in total. The maximum Gasteiger partial charge on any atom is 0.0901 e. The van der Waals surface area contributed by atoms with Crippen molar-refractivity contribution in [3.63, 3.8) is 0 Å². The highest BCUT2D eigenvalue weighted by molar-refractivity contribution is 7.11. The Kier molecular flexibility index (Phi) is 3.48. The minimum atomic E-state index is 0.251. The summed E-state index contributed by atoms with van der Waals surface area (Å²) in [6.45, 7) is 8.47. The van der Waals surface area contributed by atoms with Gasteiger partial charge in [0.25, 0.3) is 0 Å². The predicted octanol–water partition coefficient (Wildman–Crippen LogP) is 4.24. The summed E-state index contributed by atoms with van der Waals surface area (Å²) in [5.41, 5.74) is 3.62. The Balaban J connectivity index is 2.20. The second-order valence-corrected chi connectivity index (χ2v) is 5.76. The van der Waals surface area contributed by atoms with E-state index in [2.05, 4.69) is 62.3 Å². The van der Waals surface area contributed by atoms with Crippen LogP contribution in [0.1, 0.15) is 34.1 Å². The van der Waals surface area contributed by atoms with Crippen molar-refractivity contribution < 1.29 is 0 Å². The summed E-state index contributed by atoms with van der Waals surface area (Å²) in [7, 11) is 0. The van der Waals surface area contributed by atoms with Crippen LogP contribution in [0.2, 0.25) is 0 Å². The van der Waals surface area contributed by atoms with Crippen molar-refractivity contribution in [1.82, 2.24) is 4.98 Å². The van der Waals surface area contributed by atoms with Crippen LogP contribution in [0.15, 0.2) is 24.3 Å². The third-order valence-electron chi connectivity index (χ3n) is 2.87. The SMILES string of the molecule is Cc1nc(C(C)Nc2ccccc2C)c(C)s1. The van der Waals surface area contributed by atoms with E-state index in [4.69, 9.17) is 0 Å². The lowest BCUT2D eigenvalue weighted by molar-refractivity contribution is 0.835. The van der Waals surface area contributed by atoms with Gasteiger partial charge in [0, 0.05) is 10.6 Å². The quantitative estimate of drug-likeness (QED) is 0.876. The maximum atomic E-state index is 4.59. The van der Waals surface area contributed by atoms with Gasteiger partial charge >= 0.3 is 0 Å². The highest BCUT2D eigenvalue weighted by Crippen LogP contribution is 2.26. The number of thiazole rings is 1. The van der Waals surface area contributed by atoms with Crippen LogP contribution in [0.25, 0.3) is 0 Å². The molecular weight excluding hydrogens is 228 g/mol. The number of hydrogen-bond acceptors (Lipinski definition) is 3. The number of nitrogens with zero attached hydrogens (tertiary/aromatic N) is 1. The lowest BCUT2D eigenvalue weighted by Gasteiger charge is -2.16. The first-order valence-corrected chi connectivity index (χ1v) is 6.65. The number of anilines is 1. The van der Waals surface area contributed by atoms with Crippen LogP contribution in [0.5, 0.6) is 0 Å². The first-order chi connectivity index (χ1) is 8.08. The molecule has 0 amide bonds. The van der Waals surface area contributed by atoms with E-state index in [-0.39, 0.29) is 6.04 Å². The number of para-hydroxylation sites is 1. The van der Waals surface area contributed by atoms with E-state index in [1.54, 1.807) is 11.3 Å². The molecule has 0 aliphatic carbocycles. The van der Waals surface area contributed by atoms with Crippen molar-refractivity contribution >= 4 is 17.0 Å². The lowest BCUT2D eigenvalue weighted by atomic mass is 10.1. The molecule has 2 aromatic rings. The fraction of sp³-hybridized carbons (Fsp3) is 0.357. The second-order valence-electron chi connectivity index (χ2n) is 4.36. The van der Waals surface area contributed by atoms with Gasteiger partial charge in [-0.3, -0.25) is 0 Å². The average Bonchev–Trinajstić information content (AvgIpc) is 2.61. The number of nitrogens with one attached hydrogen (secondary N) is 1. The number of benzene rings is 1. The van der Waals surface area contributed by atoms with Crippen molar-refractivity contribution in [3.05, 3.63) is 45.4 Å². The van der Waals surface area contributed by atoms with Crippen LogP contribution in [0, 0.1) is 20.8 Å². The predicted molar refractivity (Wildman–Crippen MR) is 74.8 cm³/mol. The molecule has 0 aliphatic rings. The molecule has 1 aromatic carbocycles. The highest BCUT2D eigenvalue weighted by atomic mass is 32.1. The third kappa shape index (κ3) is 2.67. The molecule has 1 unspecified atom stereocenters. The lowest BCUT2D eigenvalue weighted by Crippen LogP contribution is -2.09. The number of rotatable bonds is 3. The van der Waals surface area contributed by atoms with Gasteiger partial charge in [-0.2, -0.15) is 0 Å². The highest BCUT2D eigenvalue weighted by Gasteiger charge is 2.13. The zero-order chi connectivity index (χ0) is 12.4. The summed E-state index contributed by atoms with van der Waals surface area (Å²) in [4.78, 5) is 5.89. The molecule has 0 radical (unpaired) electrons. The molecule has 0 saturated heterocycles. The Labute approximate surface area is 107 Å².